The first kappa shape index (κ1) is 14.0. The second-order valence-corrected chi connectivity index (χ2v) is 6.18. The molecule has 0 aromatic carbocycles. The molecule has 1 aliphatic heterocycles. The molecule has 0 N–H and O–H groups in total. The lowest BCUT2D eigenvalue weighted by Gasteiger charge is -2.26. The summed E-state index contributed by atoms with van der Waals surface area (Å²) in [6, 6.07) is 2.23. The Morgan fingerprint density at radius 3 is 2.89 bits per heavy atom. The summed E-state index contributed by atoms with van der Waals surface area (Å²) in [6.45, 7) is 6.40. The first-order chi connectivity index (χ1) is 8.74. The third-order valence-electron chi connectivity index (χ3n) is 3.39. The van der Waals surface area contributed by atoms with E-state index in [-0.39, 0.29) is 0 Å². The number of hydrogen-bond donors (Lipinski definition) is 0. The molecule has 0 saturated carbocycles. The Morgan fingerprint density at radius 1 is 1.39 bits per heavy atom. The molecule has 18 heavy (non-hydrogen) atoms. The highest BCUT2D eigenvalue weighted by Gasteiger charge is 2.19. The standard InChI is InChI=1S/C14H24N2OS/c1-15(2)5-6-16(9-13-3-7-17-11-13)10-14-4-8-18-12-14/h4,8,12-13H,3,5-7,9-11H2,1-2H3. The number of likely N-dealkylation sites (N-methyl/N-ethyl adjacent to an activating group) is 1. The fourth-order valence-electron chi connectivity index (χ4n) is 2.31. The number of hydrogen-bond acceptors (Lipinski definition) is 4. The van der Waals surface area contributed by atoms with E-state index in [1.807, 2.05) is 0 Å². The molecular weight excluding hydrogens is 244 g/mol. The molecule has 3 nitrogen and oxygen atoms in total. The van der Waals surface area contributed by atoms with Crippen molar-refractivity contribution in [3.63, 3.8) is 0 Å². The molecule has 0 spiro atoms. The summed E-state index contributed by atoms with van der Waals surface area (Å²) >= 11 is 1.79. The second kappa shape index (κ2) is 7.24. The zero-order chi connectivity index (χ0) is 12.8. The Morgan fingerprint density at radius 2 is 2.28 bits per heavy atom. The number of ether oxygens (including phenoxy) is 1. The van der Waals surface area contributed by atoms with Crippen LogP contribution in [-0.2, 0) is 11.3 Å². The molecule has 2 rings (SSSR count). The molecule has 1 unspecified atom stereocenters. The monoisotopic (exact) mass is 268 g/mol. The molecule has 4 heteroatoms. The average molecular weight is 268 g/mol. The molecule has 1 aromatic heterocycles. The van der Waals surface area contributed by atoms with Gasteiger partial charge in [-0.3, -0.25) is 4.90 Å². The number of rotatable bonds is 7. The van der Waals surface area contributed by atoms with Crippen LogP contribution >= 0.6 is 11.3 Å². The van der Waals surface area contributed by atoms with Crippen LogP contribution in [0.4, 0.5) is 0 Å². The van der Waals surface area contributed by atoms with E-state index in [9.17, 15) is 0 Å². The van der Waals surface area contributed by atoms with E-state index in [1.165, 1.54) is 18.5 Å². The zero-order valence-electron chi connectivity index (χ0n) is 11.5. The fraction of sp³-hybridized carbons (Fsp3) is 0.714. The molecule has 0 radical (unpaired) electrons. The van der Waals surface area contributed by atoms with Crippen LogP contribution in [0.25, 0.3) is 0 Å². The lowest BCUT2D eigenvalue weighted by atomic mass is 10.1. The third kappa shape index (κ3) is 4.69. The lowest BCUT2D eigenvalue weighted by molar-refractivity contribution is 0.159. The summed E-state index contributed by atoms with van der Waals surface area (Å²) in [5.41, 5.74) is 1.44. The van der Waals surface area contributed by atoms with E-state index in [4.69, 9.17) is 4.74 Å². The summed E-state index contributed by atoms with van der Waals surface area (Å²) in [4.78, 5) is 4.83. The van der Waals surface area contributed by atoms with Gasteiger partial charge in [0.15, 0.2) is 0 Å². The summed E-state index contributed by atoms with van der Waals surface area (Å²) in [7, 11) is 4.28. The summed E-state index contributed by atoms with van der Waals surface area (Å²) in [6.07, 6.45) is 1.22. The quantitative estimate of drug-likeness (QED) is 0.753. The summed E-state index contributed by atoms with van der Waals surface area (Å²) < 4.78 is 5.48. The Bertz CT molecular complexity index is 321. The van der Waals surface area contributed by atoms with Crippen LogP contribution in [0.5, 0.6) is 0 Å². The van der Waals surface area contributed by atoms with E-state index >= 15 is 0 Å². The summed E-state index contributed by atoms with van der Waals surface area (Å²) in [5.74, 6) is 0.728. The predicted octanol–water partition coefficient (Wildman–Crippen LogP) is 2.15. The molecule has 1 atom stereocenters. The molecule has 102 valence electrons. The maximum Gasteiger partial charge on any atom is 0.0507 e. The van der Waals surface area contributed by atoms with Crippen molar-refractivity contribution in [2.45, 2.75) is 13.0 Å². The van der Waals surface area contributed by atoms with E-state index < -0.39 is 0 Å². The van der Waals surface area contributed by atoms with Crippen LogP contribution in [0.2, 0.25) is 0 Å². The first-order valence-electron chi connectivity index (χ1n) is 6.70. The highest BCUT2D eigenvalue weighted by molar-refractivity contribution is 7.07. The third-order valence-corrected chi connectivity index (χ3v) is 4.12. The molecule has 2 heterocycles. The van der Waals surface area contributed by atoms with Crippen molar-refractivity contribution in [1.82, 2.24) is 9.80 Å². The van der Waals surface area contributed by atoms with Crippen molar-refractivity contribution >= 4 is 11.3 Å². The molecule has 1 saturated heterocycles. The van der Waals surface area contributed by atoms with Gasteiger partial charge in [-0.25, -0.2) is 0 Å². The molecule has 0 bridgehead atoms. The minimum absolute atomic E-state index is 0.728. The lowest BCUT2D eigenvalue weighted by Crippen LogP contribution is -2.35. The summed E-state index contributed by atoms with van der Waals surface area (Å²) in [5, 5.41) is 4.42. The normalized spacial score (nSPS) is 20.1. The minimum Gasteiger partial charge on any atom is -0.381 e. The Kier molecular flexibility index (Phi) is 5.63. The first-order valence-corrected chi connectivity index (χ1v) is 7.64. The zero-order valence-corrected chi connectivity index (χ0v) is 12.3. The maximum atomic E-state index is 5.48. The van der Waals surface area contributed by atoms with Gasteiger partial charge < -0.3 is 9.64 Å². The van der Waals surface area contributed by atoms with Gasteiger partial charge in [0.25, 0.3) is 0 Å². The van der Waals surface area contributed by atoms with Gasteiger partial charge in [-0.15, -0.1) is 0 Å². The Labute approximate surface area is 114 Å². The van der Waals surface area contributed by atoms with Gasteiger partial charge in [-0.1, -0.05) is 0 Å². The van der Waals surface area contributed by atoms with Crippen LogP contribution in [0.1, 0.15) is 12.0 Å². The van der Waals surface area contributed by atoms with Crippen molar-refractivity contribution in [1.29, 1.82) is 0 Å². The van der Waals surface area contributed by atoms with E-state index in [1.54, 1.807) is 11.3 Å². The van der Waals surface area contributed by atoms with Crippen LogP contribution in [0.15, 0.2) is 16.8 Å². The van der Waals surface area contributed by atoms with Gasteiger partial charge >= 0.3 is 0 Å². The van der Waals surface area contributed by atoms with Crippen molar-refractivity contribution in [2.24, 2.45) is 5.92 Å². The van der Waals surface area contributed by atoms with Gasteiger partial charge in [0.1, 0.15) is 0 Å². The van der Waals surface area contributed by atoms with Crippen LogP contribution in [0, 0.1) is 5.92 Å². The van der Waals surface area contributed by atoms with Gasteiger partial charge in [0, 0.05) is 32.8 Å². The fourth-order valence-corrected chi connectivity index (χ4v) is 2.97. The minimum atomic E-state index is 0.728. The van der Waals surface area contributed by atoms with E-state index in [0.717, 1.165) is 38.8 Å². The second-order valence-electron chi connectivity index (χ2n) is 5.40. The smallest absolute Gasteiger partial charge is 0.0507 e. The van der Waals surface area contributed by atoms with Crippen molar-refractivity contribution in [2.75, 3.05) is 46.9 Å². The molecule has 1 aromatic rings. The average Bonchev–Trinajstić information content (AvgIpc) is 2.98. The largest absolute Gasteiger partial charge is 0.381 e. The van der Waals surface area contributed by atoms with Gasteiger partial charge in [-0.05, 0) is 48.8 Å². The molecule has 0 aliphatic carbocycles. The predicted molar refractivity (Wildman–Crippen MR) is 77.1 cm³/mol. The number of nitrogens with zero attached hydrogens (tertiary/aromatic N) is 2. The topological polar surface area (TPSA) is 15.7 Å². The van der Waals surface area contributed by atoms with Crippen LogP contribution in [-0.4, -0.2) is 56.7 Å². The highest BCUT2D eigenvalue weighted by atomic mass is 32.1. The molecule has 0 amide bonds. The SMILES string of the molecule is CN(C)CCN(Cc1ccsc1)CC1CCOC1. The molecular formula is C14H24N2OS. The number of thiophene rings is 1. The molecule has 1 aliphatic rings. The van der Waals surface area contributed by atoms with Crippen molar-refractivity contribution in [3.05, 3.63) is 22.4 Å². The van der Waals surface area contributed by atoms with Crippen LogP contribution in [0.3, 0.4) is 0 Å². The van der Waals surface area contributed by atoms with Crippen molar-refractivity contribution < 1.29 is 4.74 Å². The van der Waals surface area contributed by atoms with E-state index in [0.29, 0.717) is 0 Å². The maximum absolute atomic E-state index is 5.48. The molecule has 1 fully saturated rings. The highest BCUT2D eigenvalue weighted by Crippen LogP contribution is 2.16. The van der Waals surface area contributed by atoms with Crippen LogP contribution < -0.4 is 0 Å². The van der Waals surface area contributed by atoms with Gasteiger partial charge in [0.05, 0.1) is 6.61 Å². The Balaban J connectivity index is 1.84. The van der Waals surface area contributed by atoms with E-state index in [2.05, 4.69) is 40.7 Å². The van der Waals surface area contributed by atoms with Gasteiger partial charge in [-0.2, -0.15) is 11.3 Å². The van der Waals surface area contributed by atoms with Gasteiger partial charge in [0.2, 0.25) is 0 Å². The Hall–Kier alpha value is -0.420. The van der Waals surface area contributed by atoms with Crippen molar-refractivity contribution in [3.8, 4) is 0 Å².